The van der Waals surface area contributed by atoms with Gasteiger partial charge in [0.2, 0.25) is 5.91 Å². The van der Waals surface area contributed by atoms with E-state index in [2.05, 4.69) is 16.0 Å². The maximum Gasteiger partial charge on any atom is 0.324 e. The lowest BCUT2D eigenvalue weighted by Gasteiger charge is -2.12. The van der Waals surface area contributed by atoms with E-state index in [-0.39, 0.29) is 48.8 Å². The number of amides is 5. The predicted molar refractivity (Wildman–Crippen MR) is 83.8 cm³/mol. The van der Waals surface area contributed by atoms with E-state index in [4.69, 9.17) is 0 Å². The third-order valence-electron chi connectivity index (χ3n) is 4.16. The molecule has 1 heterocycles. The van der Waals surface area contributed by atoms with Gasteiger partial charge in [0, 0.05) is 25.0 Å². The summed E-state index contributed by atoms with van der Waals surface area (Å²) in [5.41, 5.74) is 0.888. The molecular weight excluding hydrogens is 315 g/mol. The Morgan fingerprint density at radius 3 is 2.92 bits per heavy atom. The summed E-state index contributed by atoms with van der Waals surface area (Å²) in [5, 5.41) is 7.97. The average molecular weight is 334 g/mol. The molecule has 0 aromatic heterocycles. The van der Waals surface area contributed by atoms with Gasteiger partial charge in [-0.1, -0.05) is 12.1 Å². The average Bonchev–Trinajstić information content (AvgIpc) is 3.24. The van der Waals surface area contributed by atoms with Gasteiger partial charge in [-0.3, -0.25) is 9.69 Å². The fourth-order valence-corrected chi connectivity index (χ4v) is 2.80. The summed E-state index contributed by atoms with van der Waals surface area (Å²) in [6.07, 6.45) is 1.28. The minimum absolute atomic E-state index is 0.0118. The van der Waals surface area contributed by atoms with Gasteiger partial charge >= 0.3 is 12.1 Å². The zero-order valence-electron chi connectivity index (χ0n) is 13.0. The summed E-state index contributed by atoms with van der Waals surface area (Å²) in [6, 6.07) is 5.73. The topological polar surface area (TPSA) is 90.5 Å². The number of nitrogens with zero attached hydrogens (tertiary/aromatic N) is 1. The third kappa shape index (κ3) is 3.81. The van der Waals surface area contributed by atoms with Gasteiger partial charge in [-0.05, 0) is 30.5 Å². The van der Waals surface area contributed by atoms with Gasteiger partial charge in [-0.15, -0.1) is 0 Å². The second-order valence-electron chi connectivity index (χ2n) is 5.96. The number of hydrogen-bond acceptors (Lipinski definition) is 3. The van der Waals surface area contributed by atoms with Crippen molar-refractivity contribution in [1.29, 1.82) is 0 Å². The first-order valence-corrected chi connectivity index (χ1v) is 7.92. The smallest absolute Gasteiger partial charge is 0.324 e. The maximum absolute atomic E-state index is 13.2. The first-order valence-electron chi connectivity index (χ1n) is 7.92. The Bertz CT molecular complexity index is 650. The molecule has 3 rings (SSSR count). The molecule has 24 heavy (non-hydrogen) atoms. The molecular formula is C16H19FN4O3. The molecule has 0 unspecified atom stereocenters. The fraction of sp³-hybridized carbons (Fsp3) is 0.438. The molecule has 7 nitrogen and oxygen atoms in total. The van der Waals surface area contributed by atoms with E-state index in [9.17, 15) is 18.8 Å². The number of imide groups is 1. The van der Waals surface area contributed by atoms with Crippen LogP contribution in [0.2, 0.25) is 0 Å². The highest BCUT2D eigenvalue weighted by Crippen LogP contribution is 2.40. The van der Waals surface area contributed by atoms with Crippen LogP contribution in [0.1, 0.15) is 24.3 Å². The summed E-state index contributed by atoms with van der Waals surface area (Å²) < 4.78 is 13.2. The van der Waals surface area contributed by atoms with E-state index in [1.54, 1.807) is 6.07 Å². The molecule has 128 valence electrons. The van der Waals surface area contributed by atoms with E-state index < -0.39 is 0 Å². The van der Waals surface area contributed by atoms with Crippen LogP contribution in [0.4, 0.5) is 14.0 Å². The third-order valence-corrected chi connectivity index (χ3v) is 4.16. The van der Waals surface area contributed by atoms with Crippen molar-refractivity contribution in [2.75, 3.05) is 19.6 Å². The lowest BCUT2D eigenvalue weighted by Crippen LogP contribution is -2.39. The van der Waals surface area contributed by atoms with Gasteiger partial charge in [0.15, 0.2) is 0 Å². The second kappa shape index (κ2) is 6.86. The Hall–Kier alpha value is -2.64. The van der Waals surface area contributed by atoms with Crippen LogP contribution in [0, 0.1) is 5.82 Å². The fourth-order valence-electron chi connectivity index (χ4n) is 2.80. The molecule has 1 aromatic rings. The number of halogens is 1. The van der Waals surface area contributed by atoms with Crippen molar-refractivity contribution < 1.29 is 18.8 Å². The number of carbonyl (C=O) groups is 3. The van der Waals surface area contributed by atoms with Gasteiger partial charge < -0.3 is 16.0 Å². The molecule has 2 fully saturated rings. The molecule has 1 aromatic carbocycles. The summed E-state index contributed by atoms with van der Waals surface area (Å²) in [6.45, 7) is 0.677. The van der Waals surface area contributed by atoms with E-state index in [1.807, 2.05) is 6.07 Å². The first-order chi connectivity index (χ1) is 11.5. The molecule has 1 saturated heterocycles. The molecule has 1 aliphatic heterocycles. The standard InChI is InChI=1S/C16H19FN4O3/c17-11-4-1-3-10(7-11)12-8-13(12)20-15(23)18-5-2-6-21-14(22)9-19-16(21)24/h1,3-4,7,12-13H,2,5-6,8-9H2,(H,19,24)(H2,18,20,23)/t12-,13-/m1/s1. The Balaban J connectivity index is 1.34. The maximum atomic E-state index is 13.2. The molecule has 1 saturated carbocycles. The van der Waals surface area contributed by atoms with Gasteiger partial charge in [0.25, 0.3) is 0 Å². The molecule has 1 aliphatic carbocycles. The van der Waals surface area contributed by atoms with Crippen molar-refractivity contribution in [1.82, 2.24) is 20.9 Å². The van der Waals surface area contributed by atoms with Crippen molar-refractivity contribution in [3.8, 4) is 0 Å². The number of rotatable bonds is 6. The predicted octanol–water partition coefficient (Wildman–Crippen LogP) is 0.923. The molecule has 0 radical (unpaired) electrons. The lowest BCUT2D eigenvalue weighted by atomic mass is 10.1. The molecule has 0 bridgehead atoms. The van der Waals surface area contributed by atoms with Crippen molar-refractivity contribution in [3.05, 3.63) is 35.6 Å². The molecule has 2 atom stereocenters. The van der Waals surface area contributed by atoms with E-state index >= 15 is 0 Å². The minimum atomic E-state index is -0.389. The minimum Gasteiger partial charge on any atom is -0.338 e. The Labute approximate surface area is 138 Å². The van der Waals surface area contributed by atoms with Crippen LogP contribution in [0.3, 0.4) is 0 Å². The molecule has 3 N–H and O–H groups in total. The lowest BCUT2D eigenvalue weighted by molar-refractivity contribution is -0.125. The summed E-state index contributed by atoms with van der Waals surface area (Å²) in [4.78, 5) is 35.7. The summed E-state index contributed by atoms with van der Waals surface area (Å²) in [7, 11) is 0. The van der Waals surface area contributed by atoms with Crippen LogP contribution >= 0.6 is 0 Å². The normalized spacial score (nSPS) is 22.3. The monoisotopic (exact) mass is 334 g/mol. The van der Waals surface area contributed by atoms with Crippen LogP contribution in [-0.2, 0) is 4.79 Å². The van der Waals surface area contributed by atoms with Crippen LogP contribution in [0.15, 0.2) is 24.3 Å². The van der Waals surface area contributed by atoms with Crippen LogP contribution in [0.5, 0.6) is 0 Å². The zero-order chi connectivity index (χ0) is 17.1. The van der Waals surface area contributed by atoms with E-state index in [0.29, 0.717) is 13.0 Å². The highest BCUT2D eigenvalue weighted by molar-refractivity contribution is 6.01. The summed E-state index contributed by atoms with van der Waals surface area (Å²) in [5.74, 6) is -0.374. The second-order valence-corrected chi connectivity index (χ2v) is 5.96. The zero-order valence-corrected chi connectivity index (χ0v) is 13.0. The van der Waals surface area contributed by atoms with E-state index in [1.165, 1.54) is 12.1 Å². The molecule has 2 aliphatic rings. The first kappa shape index (κ1) is 16.2. The SMILES string of the molecule is O=C(NCCCN1C(=O)CNC1=O)N[C@@H]1C[C@@H]1c1cccc(F)c1. The largest absolute Gasteiger partial charge is 0.338 e. The van der Waals surface area contributed by atoms with Crippen LogP contribution in [0.25, 0.3) is 0 Å². The molecule has 5 amide bonds. The van der Waals surface area contributed by atoms with E-state index in [0.717, 1.165) is 16.9 Å². The van der Waals surface area contributed by atoms with Crippen molar-refractivity contribution in [2.45, 2.75) is 24.8 Å². The number of hydrogen-bond donors (Lipinski definition) is 3. The van der Waals surface area contributed by atoms with Gasteiger partial charge in [0.1, 0.15) is 5.82 Å². The van der Waals surface area contributed by atoms with Crippen molar-refractivity contribution >= 4 is 18.0 Å². The highest BCUT2D eigenvalue weighted by atomic mass is 19.1. The quantitative estimate of drug-likeness (QED) is 0.534. The van der Waals surface area contributed by atoms with Gasteiger partial charge in [0.05, 0.1) is 6.54 Å². The van der Waals surface area contributed by atoms with Crippen molar-refractivity contribution in [3.63, 3.8) is 0 Å². The Kier molecular flexibility index (Phi) is 4.64. The number of urea groups is 2. The van der Waals surface area contributed by atoms with Gasteiger partial charge in [-0.25, -0.2) is 14.0 Å². The highest BCUT2D eigenvalue weighted by Gasteiger charge is 2.39. The number of nitrogens with one attached hydrogen (secondary N) is 3. The Morgan fingerprint density at radius 2 is 2.21 bits per heavy atom. The van der Waals surface area contributed by atoms with Gasteiger partial charge in [-0.2, -0.15) is 0 Å². The number of carbonyl (C=O) groups excluding carboxylic acids is 3. The summed E-state index contributed by atoms with van der Waals surface area (Å²) >= 11 is 0. The van der Waals surface area contributed by atoms with Crippen LogP contribution < -0.4 is 16.0 Å². The van der Waals surface area contributed by atoms with Crippen molar-refractivity contribution in [2.24, 2.45) is 0 Å². The molecule has 8 heteroatoms. The Morgan fingerprint density at radius 1 is 1.38 bits per heavy atom. The molecule has 0 spiro atoms. The van der Waals surface area contributed by atoms with Crippen LogP contribution in [-0.4, -0.2) is 48.5 Å². The number of benzene rings is 1.